The first kappa shape index (κ1) is 23.2. The Morgan fingerprint density at radius 1 is 1.26 bits per heavy atom. The van der Waals surface area contributed by atoms with Gasteiger partial charge in [-0.3, -0.25) is 0 Å². The molecule has 12 heteroatoms. The van der Waals surface area contributed by atoms with Crippen molar-refractivity contribution in [2.24, 2.45) is 0 Å². The van der Waals surface area contributed by atoms with Gasteiger partial charge >= 0.3 is 12.1 Å². The number of aryl methyl sites for hydroxylation is 1. The Labute approximate surface area is 193 Å². The lowest BCUT2D eigenvalue weighted by atomic mass is 10.1. The van der Waals surface area contributed by atoms with Crippen molar-refractivity contribution in [3.8, 4) is 16.6 Å². The van der Waals surface area contributed by atoms with Crippen LogP contribution in [0, 0.1) is 24.1 Å². The Kier molecular flexibility index (Phi) is 5.97. The van der Waals surface area contributed by atoms with Crippen LogP contribution >= 0.6 is 11.3 Å². The van der Waals surface area contributed by atoms with Crippen molar-refractivity contribution in [1.82, 2.24) is 14.5 Å². The van der Waals surface area contributed by atoms with Crippen molar-refractivity contribution >= 4 is 34.0 Å². The van der Waals surface area contributed by atoms with Gasteiger partial charge in [0, 0.05) is 24.5 Å². The molecule has 0 radical (unpaired) electrons. The van der Waals surface area contributed by atoms with Crippen LogP contribution in [0.15, 0.2) is 36.7 Å². The molecule has 0 atom stereocenters. The van der Waals surface area contributed by atoms with E-state index in [1.165, 1.54) is 12.1 Å². The third-order valence-corrected chi connectivity index (χ3v) is 6.28. The van der Waals surface area contributed by atoms with Crippen LogP contribution in [0.3, 0.4) is 0 Å². The van der Waals surface area contributed by atoms with E-state index in [4.69, 9.17) is 5.11 Å². The smallest absolute Gasteiger partial charge is 0.418 e. The highest BCUT2D eigenvalue weighted by Gasteiger charge is 2.37. The first-order valence-electron chi connectivity index (χ1n) is 9.79. The quantitative estimate of drug-likeness (QED) is 0.356. The van der Waals surface area contributed by atoms with E-state index in [2.05, 4.69) is 21.4 Å². The van der Waals surface area contributed by atoms with Crippen LogP contribution in [0.4, 0.5) is 23.4 Å². The molecule has 4 aromatic rings. The molecule has 7 nitrogen and oxygen atoms in total. The van der Waals surface area contributed by atoms with Gasteiger partial charge in [0.05, 0.1) is 21.7 Å². The number of nitrogens with one attached hydrogen (secondary N) is 1. The van der Waals surface area contributed by atoms with Gasteiger partial charge in [-0.1, -0.05) is 6.07 Å². The van der Waals surface area contributed by atoms with E-state index >= 15 is 0 Å². The largest absolute Gasteiger partial charge is 0.477 e. The molecule has 3 aromatic heterocycles. The van der Waals surface area contributed by atoms with Crippen molar-refractivity contribution in [1.29, 1.82) is 5.26 Å². The van der Waals surface area contributed by atoms with Crippen LogP contribution in [0.25, 0.3) is 21.5 Å². The molecule has 174 valence electrons. The van der Waals surface area contributed by atoms with Gasteiger partial charge in [0.1, 0.15) is 34.6 Å². The minimum atomic E-state index is -4.82. The summed E-state index contributed by atoms with van der Waals surface area (Å²) in [5, 5.41) is 22.2. The number of rotatable bonds is 6. The van der Waals surface area contributed by atoms with E-state index in [1.54, 1.807) is 16.7 Å². The summed E-state index contributed by atoms with van der Waals surface area (Å²) >= 11 is 0.468. The number of benzene rings is 1. The van der Waals surface area contributed by atoms with Gasteiger partial charge in [0.25, 0.3) is 0 Å². The van der Waals surface area contributed by atoms with Gasteiger partial charge in [0.2, 0.25) is 0 Å². The second-order valence-electron chi connectivity index (χ2n) is 7.29. The lowest BCUT2D eigenvalue weighted by Gasteiger charge is -2.10. The van der Waals surface area contributed by atoms with Crippen LogP contribution in [0.2, 0.25) is 0 Å². The number of alkyl halides is 3. The first-order valence-corrected chi connectivity index (χ1v) is 10.6. The van der Waals surface area contributed by atoms with Crippen molar-refractivity contribution in [2.75, 3.05) is 11.9 Å². The molecule has 34 heavy (non-hydrogen) atoms. The second-order valence-corrected chi connectivity index (χ2v) is 8.34. The maximum atomic E-state index is 14.5. The Balaban J connectivity index is 1.57. The van der Waals surface area contributed by atoms with Gasteiger partial charge < -0.3 is 15.0 Å². The number of hydrogen-bond donors (Lipinski definition) is 2. The average Bonchev–Trinajstić information content (AvgIpc) is 3.40. The first-order chi connectivity index (χ1) is 16.1. The number of carboxylic acid groups (broad SMARTS) is 1. The fraction of sp³-hybridized carbons (Fsp3) is 0.182. The molecule has 0 amide bonds. The van der Waals surface area contributed by atoms with Gasteiger partial charge in [0.15, 0.2) is 0 Å². The standard InChI is InChI=1S/C22H15F4N5O2S/c1-11-2-3-15(23)19-13(11)6-12(9-27)31(19)5-4-28-18-8-16(29-10-30-18)17-7-14(22(24,25)26)20(34-17)21(32)33/h2-3,6-8,10H,4-5H2,1H3,(H,32,33)(H,28,29,30). The number of hydrogen-bond acceptors (Lipinski definition) is 6. The van der Waals surface area contributed by atoms with Crippen LogP contribution in [-0.4, -0.2) is 32.2 Å². The van der Waals surface area contributed by atoms with Gasteiger partial charge in [-0.15, -0.1) is 11.3 Å². The fourth-order valence-electron chi connectivity index (χ4n) is 3.57. The Morgan fingerprint density at radius 2 is 2.03 bits per heavy atom. The van der Waals surface area contributed by atoms with Crippen molar-refractivity contribution in [3.05, 3.63) is 64.2 Å². The zero-order valence-electron chi connectivity index (χ0n) is 17.4. The number of carboxylic acids is 1. The summed E-state index contributed by atoms with van der Waals surface area (Å²) in [6.45, 7) is 2.26. The molecule has 0 unspecified atom stereocenters. The van der Waals surface area contributed by atoms with Gasteiger partial charge in [-0.25, -0.2) is 19.2 Å². The molecule has 0 aliphatic carbocycles. The molecule has 0 bridgehead atoms. The van der Waals surface area contributed by atoms with Crippen molar-refractivity contribution in [3.63, 3.8) is 0 Å². The minimum absolute atomic E-state index is 0.0240. The number of nitriles is 1. The Bertz CT molecular complexity index is 1450. The second kappa shape index (κ2) is 8.75. The maximum absolute atomic E-state index is 14.5. The summed E-state index contributed by atoms with van der Waals surface area (Å²) in [4.78, 5) is 18.4. The SMILES string of the molecule is Cc1ccc(F)c2c1cc(C#N)n2CCNc1cc(-c2cc(C(F)(F)F)c(C(=O)O)s2)ncn1. The number of halogens is 4. The summed E-state index contributed by atoms with van der Waals surface area (Å²) in [6, 6.07) is 8.77. The predicted octanol–water partition coefficient (Wildman–Crippen LogP) is 5.31. The molecule has 0 saturated heterocycles. The number of nitrogens with zero attached hydrogens (tertiary/aromatic N) is 4. The molecule has 0 saturated carbocycles. The molecular formula is C22H15F4N5O2S. The number of aromatic nitrogens is 3. The summed E-state index contributed by atoms with van der Waals surface area (Å²) in [6.07, 6.45) is -3.68. The molecule has 0 spiro atoms. The van der Waals surface area contributed by atoms with Crippen LogP contribution in [-0.2, 0) is 12.7 Å². The van der Waals surface area contributed by atoms with E-state index in [1.807, 2.05) is 6.92 Å². The monoisotopic (exact) mass is 489 g/mol. The summed E-state index contributed by atoms with van der Waals surface area (Å²) in [5.41, 5.74) is 0.296. The third kappa shape index (κ3) is 4.29. The molecule has 1 aromatic carbocycles. The number of aromatic carboxylic acids is 1. The van der Waals surface area contributed by atoms with Gasteiger partial charge in [-0.05, 0) is 30.7 Å². The normalized spacial score (nSPS) is 11.5. The van der Waals surface area contributed by atoms with Gasteiger partial charge in [-0.2, -0.15) is 18.4 Å². The summed E-state index contributed by atoms with van der Waals surface area (Å²) in [7, 11) is 0. The predicted molar refractivity (Wildman–Crippen MR) is 117 cm³/mol. The van der Waals surface area contributed by atoms with Crippen molar-refractivity contribution < 1.29 is 27.5 Å². The molecule has 0 aliphatic heterocycles. The number of anilines is 1. The molecule has 4 rings (SSSR count). The molecule has 0 aliphatic rings. The highest BCUT2D eigenvalue weighted by molar-refractivity contribution is 7.17. The number of fused-ring (bicyclic) bond motifs is 1. The number of thiophene rings is 1. The fourth-order valence-corrected chi connectivity index (χ4v) is 4.55. The highest BCUT2D eigenvalue weighted by Crippen LogP contribution is 2.40. The van der Waals surface area contributed by atoms with Crippen LogP contribution in [0.5, 0.6) is 0 Å². The molecular weight excluding hydrogens is 474 g/mol. The molecule has 2 N–H and O–H groups in total. The van der Waals surface area contributed by atoms with Crippen LogP contribution < -0.4 is 5.32 Å². The highest BCUT2D eigenvalue weighted by atomic mass is 32.1. The number of carbonyl (C=O) groups is 1. The molecule has 3 heterocycles. The third-order valence-electron chi connectivity index (χ3n) is 5.13. The van der Waals surface area contributed by atoms with E-state index in [9.17, 15) is 27.6 Å². The minimum Gasteiger partial charge on any atom is -0.477 e. The van der Waals surface area contributed by atoms with E-state index in [-0.39, 0.29) is 35.2 Å². The average molecular weight is 489 g/mol. The topological polar surface area (TPSA) is 104 Å². The lowest BCUT2D eigenvalue weighted by Crippen LogP contribution is -2.13. The van der Waals surface area contributed by atoms with E-state index in [0.717, 1.165) is 18.0 Å². The summed E-state index contributed by atoms with van der Waals surface area (Å²) < 4.78 is 55.6. The summed E-state index contributed by atoms with van der Waals surface area (Å²) in [5.74, 6) is -1.86. The zero-order chi connectivity index (χ0) is 24.6. The lowest BCUT2D eigenvalue weighted by molar-refractivity contribution is -0.137. The zero-order valence-corrected chi connectivity index (χ0v) is 18.3. The molecule has 0 fully saturated rings. The van der Waals surface area contributed by atoms with E-state index in [0.29, 0.717) is 22.2 Å². The Hall–Kier alpha value is -3.98. The van der Waals surface area contributed by atoms with Crippen LogP contribution in [0.1, 0.15) is 26.5 Å². The Morgan fingerprint density at radius 3 is 2.68 bits per heavy atom. The van der Waals surface area contributed by atoms with Crippen molar-refractivity contribution in [2.45, 2.75) is 19.6 Å². The van der Waals surface area contributed by atoms with E-state index < -0.39 is 28.4 Å². The maximum Gasteiger partial charge on any atom is 0.418 e.